The van der Waals surface area contributed by atoms with E-state index in [9.17, 15) is 4.79 Å². The van der Waals surface area contributed by atoms with Gasteiger partial charge in [-0.25, -0.2) is 0 Å². The van der Waals surface area contributed by atoms with Crippen molar-refractivity contribution < 1.29 is 4.79 Å². The molecule has 4 nitrogen and oxygen atoms in total. The van der Waals surface area contributed by atoms with Gasteiger partial charge in [-0.05, 0) is 37.2 Å². The van der Waals surface area contributed by atoms with Crippen LogP contribution in [-0.2, 0) is 0 Å². The normalized spacial score (nSPS) is 16.0. The van der Waals surface area contributed by atoms with E-state index in [0.29, 0.717) is 16.5 Å². The molecular weight excluding hydrogens is 294 g/mol. The lowest BCUT2D eigenvalue weighted by molar-refractivity contribution is 0.0703. The highest BCUT2D eigenvalue weighted by Gasteiger charge is 2.26. The van der Waals surface area contributed by atoms with Gasteiger partial charge in [-0.3, -0.25) is 4.79 Å². The second-order valence-corrected chi connectivity index (χ2v) is 6.89. The first-order chi connectivity index (χ1) is 10.6. The van der Waals surface area contributed by atoms with Gasteiger partial charge in [-0.2, -0.15) is 4.37 Å². The molecule has 3 rings (SSSR count). The van der Waals surface area contributed by atoms with Crippen molar-refractivity contribution in [3.63, 3.8) is 0 Å². The molecule has 0 unspecified atom stereocenters. The maximum absolute atomic E-state index is 12.6. The van der Waals surface area contributed by atoms with Crippen LogP contribution in [0.1, 0.15) is 35.0 Å². The summed E-state index contributed by atoms with van der Waals surface area (Å²) in [6.07, 6.45) is 2.13. The molecule has 1 aromatic carbocycles. The largest absolute Gasteiger partial charge is 0.396 e. The Morgan fingerprint density at radius 1 is 1.27 bits per heavy atom. The van der Waals surface area contributed by atoms with Crippen molar-refractivity contribution in [2.24, 2.45) is 5.92 Å². The average Bonchev–Trinajstić information content (AvgIpc) is 2.90. The summed E-state index contributed by atoms with van der Waals surface area (Å²) in [5, 5.41) is 0. The molecule has 0 radical (unpaired) electrons. The summed E-state index contributed by atoms with van der Waals surface area (Å²) in [7, 11) is 0. The van der Waals surface area contributed by atoms with E-state index in [-0.39, 0.29) is 5.91 Å². The van der Waals surface area contributed by atoms with Gasteiger partial charge in [0.25, 0.3) is 5.91 Å². The second-order valence-electron chi connectivity index (χ2n) is 6.11. The fraction of sp³-hybridized carbons (Fsp3) is 0.412. The fourth-order valence-electron chi connectivity index (χ4n) is 2.73. The van der Waals surface area contributed by atoms with Crippen molar-refractivity contribution in [1.82, 2.24) is 9.27 Å². The van der Waals surface area contributed by atoms with Crippen LogP contribution in [0, 0.1) is 12.8 Å². The molecule has 1 fully saturated rings. The van der Waals surface area contributed by atoms with Gasteiger partial charge < -0.3 is 10.6 Å². The molecule has 0 atom stereocenters. The molecule has 1 aliphatic heterocycles. The molecule has 0 spiro atoms. The standard InChI is InChI=1S/C17H21N3OS/c1-11-3-5-13(6-4-11)15-14(18)16(22-19-15)17(21)20-9-7-12(2)8-10-20/h3-6,12H,7-10,18H2,1-2H3. The first-order valence-electron chi connectivity index (χ1n) is 7.67. The van der Waals surface area contributed by atoms with Crippen molar-refractivity contribution in [2.75, 3.05) is 18.8 Å². The minimum Gasteiger partial charge on any atom is -0.396 e. The fourth-order valence-corrected chi connectivity index (χ4v) is 3.51. The van der Waals surface area contributed by atoms with Gasteiger partial charge in [-0.15, -0.1) is 0 Å². The number of rotatable bonds is 2. The van der Waals surface area contributed by atoms with E-state index in [1.54, 1.807) is 0 Å². The molecule has 1 aromatic heterocycles. The van der Waals surface area contributed by atoms with Crippen LogP contribution in [0.15, 0.2) is 24.3 Å². The van der Waals surface area contributed by atoms with E-state index in [0.717, 1.165) is 37.2 Å². The highest BCUT2D eigenvalue weighted by Crippen LogP contribution is 2.32. The number of nitrogen functional groups attached to an aromatic ring is 1. The zero-order valence-electron chi connectivity index (χ0n) is 13.0. The minimum atomic E-state index is 0.0280. The van der Waals surface area contributed by atoms with Crippen LogP contribution in [0.25, 0.3) is 11.3 Å². The van der Waals surface area contributed by atoms with Crippen molar-refractivity contribution >= 4 is 23.1 Å². The van der Waals surface area contributed by atoms with E-state index >= 15 is 0 Å². The number of amides is 1. The monoisotopic (exact) mass is 315 g/mol. The number of nitrogens with zero attached hydrogens (tertiary/aromatic N) is 2. The average molecular weight is 315 g/mol. The van der Waals surface area contributed by atoms with Gasteiger partial charge >= 0.3 is 0 Å². The predicted octanol–water partition coefficient (Wildman–Crippen LogP) is 3.57. The van der Waals surface area contributed by atoms with Crippen LogP contribution < -0.4 is 5.73 Å². The number of hydrogen-bond acceptors (Lipinski definition) is 4. The molecule has 1 saturated heterocycles. The Hall–Kier alpha value is -1.88. The summed E-state index contributed by atoms with van der Waals surface area (Å²) in [6.45, 7) is 5.91. The van der Waals surface area contributed by atoms with E-state index in [4.69, 9.17) is 5.73 Å². The SMILES string of the molecule is Cc1ccc(-c2nsc(C(=O)N3CCC(C)CC3)c2N)cc1. The maximum atomic E-state index is 12.6. The Morgan fingerprint density at radius 3 is 2.55 bits per heavy atom. The second kappa shape index (κ2) is 6.08. The number of hydrogen-bond donors (Lipinski definition) is 1. The number of piperidine rings is 1. The van der Waals surface area contributed by atoms with Gasteiger partial charge in [0.15, 0.2) is 0 Å². The molecule has 1 amide bonds. The number of benzene rings is 1. The van der Waals surface area contributed by atoms with Gasteiger partial charge in [-0.1, -0.05) is 36.8 Å². The first-order valence-corrected chi connectivity index (χ1v) is 8.45. The topological polar surface area (TPSA) is 59.2 Å². The number of carbonyl (C=O) groups excluding carboxylic acids is 1. The molecule has 5 heteroatoms. The van der Waals surface area contributed by atoms with Crippen molar-refractivity contribution in [3.8, 4) is 11.3 Å². The van der Waals surface area contributed by atoms with E-state index < -0.39 is 0 Å². The first kappa shape index (κ1) is 15.0. The van der Waals surface area contributed by atoms with Crippen LogP contribution in [0.5, 0.6) is 0 Å². The summed E-state index contributed by atoms with van der Waals surface area (Å²) < 4.78 is 4.42. The summed E-state index contributed by atoms with van der Waals surface area (Å²) in [4.78, 5) is 15.1. The summed E-state index contributed by atoms with van der Waals surface area (Å²) >= 11 is 1.21. The zero-order chi connectivity index (χ0) is 15.7. The third-order valence-corrected chi connectivity index (χ3v) is 5.17. The van der Waals surface area contributed by atoms with E-state index in [1.165, 1.54) is 17.1 Å². The van der Waals surface area contributed by atoms with Crippen LogP contribution in [0.4, 0.5) is 5.69 Å². The molecule has 2 N–H and O–H groups in total. The van der Waals surface area contributed by atoms with E-state index in [2.05, 4.69) is 11.3 Å². The van der Waals surface area contributed by atoms with E-state index in [1.807, 2.05) is 36.1 Å². The third kappa shape index (κ3) is 2.86. The molecular formula is C17H21N3OS. The number of likely N-dealkylation sites (tertiary alicyclic amines) is 1. The van der Waals surface area contributed by atoms with Crippen LogP contribution in [-0.4, -0.2) is 28.3 Å². The third-order valence-electron chi connectivity index (χ3n) is 4.32. The Labute approximate surface area is 135 Å². The molecule has 1 aliphatic rings. The van der Waals surface area contributed by atoms with Crippen LogP contribution >= 0.6 is 11.5 Å². The number of anilines is 1. The molecule has 2 aromatic rings. The molecule has 0 aliphatic carbocycles. The summed E-state index contributed by atoms with van der Waals surface area (Å²) in [5.74, 6) is 0.728. The quantitative estimate of drug-likeness (QED) is 0.921. The Bertz CT molecular complexity index is 670. The predicted molar refractivity (Wildman–Crippen MR) is 91.0 cm³/mol. The molecule has 0 saturated carbocycles. The number of aromatic nitrogens is 1. The molecule has 116 valence electrons. The lowest BCUT2D eigenvalue weighted by Gasteiger charge is -2.29. The van der Waals surface area contributed by atoms with Gasteiger partial charge in [0.1, 0.15) is 10.6 Å². The van der Waals surface area contributed by atoms with Gasteiger partial charge in [0.05, 0.1) is 5.69 Å². The lowest BCUT2D eigenvalue weighted by atomic mass is 9.99. The molecule has 22 heavy (non-hydrogen) atoms. The van der Waals surface area contributed by atoms with Crippen molar-refractivity contribution in [2.45, 2.75) is 26.7 Å². The number of carbonyl (C=O) groups is 1. The lowest BCUT2D eigenvalue weighted by Crippen LogP contribution is -2.37. The zero-order valence-corrected chi connectivity index (χ0v) is 13.8. The number of aryl methyl sites for hydroxylation is 1. The summed E-state index contributed by atoms with van der Waals surface area (Å²) in [5.41, 5.74) is 9.60. The van der Waals surface area contributed by atoms with Crippen LogP contribution in [0.2, 0.25) is 0 Å². The number of nitrogens with two attached hydrogens (primary N) is 1. The summed E-state index contributed by atoms with van der Waals surface area (Å²) in [6, 6.07) is 8.05. The van der Waals surface area contributed by atoms with Gasteiger partial charge in [0, 0.05) is 18.7 Å². The smallest absolute Gasteiger partial charge is 0.267 e. The van der Waals surface area contributed by atoms with Crippen molar-refractivity contribution in [1.29, 1.82) is 0 Å². The highest BCUT2D eigenvalue weighted by atomic mass is 32.1. The molecule has 2 heterocycles. The minimum absolute atomic E-state index is 0.0280. The van der Waals surface area contributed by atoms with Crippen LogP contribution in [0.3, 0.4) is 0 Å². The van der Waals surface area contributed by atoms with Crippen molar-refractivity contribution in [3.05, 3.63) is 34.7 Å². The Morgan fingerprint density at radius 2 is 1.91 bits per heavy atom. The van der Waals surface area contributed by atoms with Gasteiger partial charge in [0.2, 0.25) is 0 Å². The Kier molecular flexibility index (Phi) is 4.16. The Balaban J connectivity index is 1.84. The maximum Gasteiger partial charge on any atom is 0.267 e. The highest BCUT2D eigenvalue weighted by molar-refractivity contribution is 7.09. The molecule has 0 bridgehead atoms.